The van der Waals surface area contributed by atoms with Crippen molar-refractivity contribution in [2.75, 3.05) is 24.0 Å². The van der Waals surface area contributed by atoms with Crippen molar-refractivity contribution in [3.05, 3.63) is 18.1 Å². The molecule has 0 aromatic carbocycles. The lowest BCUT2D eigenvalue weighted by Gasteiger charge is -2.24. The van der Waals surface area contributed by atoms with Crippen LogP contribution in [0.25, 0.3) is 0 Å². The molecule has 5 nitrogen and oxygen atoms in total. The predicted octanol–water partition coefficient (Wildman–Crippen LogP) is 0.948. The molecule has 0 saturated carbocycles. The molecule has 6 heteroatoms. The molecule has 16 heavy (non-hydrogen) atoms. The minimum atomic E-state index is -0.0566. The molecule has 0 fully saturated rings. The normalized spacial score (nSPS) is 12.2. The Morgan fingerprint density at radius 2 is 2.25 bits per heavy atom. The molecule has 3 N–H and O–H groups in total. The fourth-order valence-corrected chi connectivity index (χ4v) is 1.93. The summed E-state index contributed by atoms with van der Waals surface area (Å²) in [5, 5.41) is 7.22. The number of anilines is 1. The van der Waals surface area contributed by atoms with Gasteiger partial charge >= 0.3 is 0 Å². The first-order valence-electron chi connectivity index (χ1n) is 4.94. The molecule has 0 aliphatic rings. The topological polar surface area (TPSA) is 78.9 Å². The molecular weight excluding hydrogens is 222 g/mol. The van der Waals surface area contributed by atoms with E-state index in [-0.39, 0.29) is 5.84 Å². The van der Waals surface area contributed by atoms with Crippen molar-refractivity contribution >= 4 is 23.4 Å². The third-order valence-electron chi connectivity index (χ3n) is 2.34. The molecule has 0 spiro atoms. The van der Waals surface area contributed by atoms with Gasteiger partial charge in [-0.1, -0.05) is 0 Å². The largest absolute Gasteiger partial charge is 0.382 e. The highest BCUT2D eigenvalue weighted by Crippen LogP contribution is 2.12. The molecule has 88 valence electrons. The van der Waals surface area contributed by atoms with Crippen LogP contribution in [0, 0.1) is 5.41 Å². The highest BCUT2D eigenvalue weighted by molar-refractivity contribution is 7.98. The van der Waals surface area contributed by atoms with Gasteiger partial charge in [0.2, 0.25) is 0 Å². The molecule has 0 amide bonds. The number of nitrogen functional groups attached to an aromatic ring is 1. The van der Waals surface area contributed by atoms with Gasteiger partial charge in [-0.15, -0.1) is 0 Å². The second-order valence-corrected chi connectivity index (χ2v) is 4.50. The van der Waals surface area contributed by atoms with E-state index < -0.39 is 0 Å². The Balaban J connectivity index is 2.77. The van der Waals surface area contributed by atoms with Gasteiger partial charge in [0.05, 0.1) is 12.4 Å². The van der Waals surface area contributed by atoms with Gasteiger partial charge in [-0.25, -0.2) is 9.97 Å². The standard InChI is InChI=1S/C10H17N5S/c1-7(6-16-3)15(2)9-5-13-8(4-14-9)10(11)12/h4-5,7H,6H2,1-3H3,(H3,11,12). The fraction of sp³-hybridized carbons (Fsp3) is 0.500. The van der Waals surface area contributed by atoms with Gasteiger partial charge in [0.1, 0.15) is 17.3 Å². The average Bonchev–Trinajstić information content (AvgIpc) is 2.28. The summed E-state index contributed by atoms with van der Waals surface area (Å²) in [5.74, 6) is 1.78. The van der Waals surface area contributed by atoms with Gasteiger partial charge in [0.25, 0.3) is 0 Å². The zero-order valence-corrected chi connectivity index (χ0v) is 10.6. The van der Waals surface area contributed by atoms with E-state index in [9.17, 15) is 0 Å². The number of nitrogens with one attached hydrogen (secondary N) is 1. The Kier molecular flexibility index (Phi) is 4.54. The summed E-state index contributed by atoms with van der Waals surface area (Å²) in [4.78, 5) is 10.4. The molecule has 1 aromatic rings. The molecule has 1 unspecified atom stereocenters. The highest BCUT2D eigenvalue weighted by atomic mass is 32.2. The third-order valence-corrected chi connectivity index (χ3v) is 3.16. The predicted molar refractivity (Wildman–Crippen MR) is 69.3 cm³/mol. The number of rotatable bonds is 5. The van der Waals surface area contributed by atoms with E-state index in [1.54, 1.807) is 18.0 Å². The van der Waals surface area contributed by atoms with Crippen molar-refractivity contribution in [3.63, 3.8) is 0 Å². The van der Waals surface area contributed by atoms with Gasteiger partial charge in [-0.05, 0) is 13.2 Å². The van der Waals surface area contributed by atoms with E-state index in [0.717, 1.165) is 11.6 Å². The van der Waals surface area contributed by atoms with E-state index in [1.165, 1.54) is 6.20 Å². The van der Waals surface area contributed by atoms with Crippen LogP contribution in [-0.2, 0) is 0 Å². The van der Waals surface area contributed by atoms with Crippen LogP contribution in [0.2, 0.25) is 0 Å². The number of hydrogen-bond acceptors (Lipinski definition) is 5. The Bertz CT molecular complexity index is 351. The number of hydrogen-bond donors (Lipinski definition) is 2. The van der Waals surface area contributed by atoms with E-state index >= 15 is 0 Å². The van der Waals surface area contributed by atoms with Gasteiger partial charge in [-0.3, -0.25) is 5.41 Å². The minimum Gasteiger partial charge on any atom is -0.382 e. The molecule has 1 rings (SSSR count). The molecule has 0 aliphatic carbocycles. The van der Waals surface area contributed by atoms with Crippen LogP contribution >= 0.6 is 11.8 Å². The summed E-state index contributed by atoms with van der Waals surface area (Å²) in [5.41, 5.74) is 5.72. The van der Waals surface area contributed by atoms with Crippen LogP contribution in [0.3, 0.4) is 0 Å². The lowest BCUT2D eigenvalue weighted by atomic mass is 10.3. The van der Waals surface area contributed by atoms with Crippen molar-refractivity contribution in [2.45, 2.75) is 13.0 Å². The number of nitrogens with zero attached hydrogens (tertiary/aromatic N) is 3. The maximum atomic E-state index is 7.22. The molecule has 1 aromatic heterocycles. The average molecular weight is 239 g/mol. The molecular formula is C10H17N5S. The van der Waals surface area contributed by atoms with Crippen LogP contribution in [0.15, 0.2) is 12.4 Å². The minimum absolute atomic E-state index is 0.0566. The summed E-state index contributed by atoms with van der Waals surface area (Å²) in [6.07, 6.45) is 5.25. The van der Waals surface area contributed by atoms with E-state index in [4.69, 9.17) is 11.1 Å². The maximum absolute atomic E-state index is 7.22. The molecule has 0 saturated heterocycles. The van der Waals surface area contributed by atoms with Crippen molar-refractivity contribution in [1.29, 1.82) is 5.41 Å². The molecule has 0 radical (unpaired) electrons. The van der Waals surface area contributed by atoms with Crippen LogP contribution in [0.4, 0.5) is 5.82 Å². The third kappa shape index (κ3) is 3.10. The zero-order chi connectivity index (χ0) is 12.1. The molecule has 0 aliphatic heterocycles. The first kappa shape index (κ1) is 12.8. The van der Waals surface area contributed by atoms with Crippen LogP contribution in [-0.4, -0.2) is 40.9 Å². The summed E-state index contributed by atoms with van der Waals surface area (Å²) in [6, 6.07) is 0.396. The number of nitrogens with two attached hydrogens (primary N) is 1. The zero-order valence-electron chi connectivity index (χ0n) is 9.77. The van der Waals surface area contributed by atoms with Gasteiger partial charge in [-0.2, -0.15) is 11.8 Å². The highest BCUT2D eigenvalue weighted by Gasteiger charge is 2.11. The van der Waals surface area contributed by atoms with Gasteiger partial charge < -0.3 is 10.6 Å². The smallest absolute Gasteiger partial charge is 0.147 e. The summed E-state index contributed by atoms with van der Waals surface area (Å²) in [7, 11) is 1.98. The second kappa shape index (κ2) is 5.69. The Hall–Kier alpha value is -1.30. The van der Waals surface area contributed by atoms with Crippen molar-refractivity contribution < 1.29 is 0 Å². The summed E-state index contributed by atoms with van der Waals surface area (Å²) < 4.78 is 0. The Labute approximate surface area is 100.0 Å². The van der Waals surface area contributed by atoms with Crippen LogP contribution < -0.4 is 10.6 Å². The monoisotopic (exact) mass is 239 g/mol. The quantitative estimate of drug-likeness (QED) is 0.591. The SMILES string of the molecule is CSCC(C)N(C)c1cnc(C(=N)N)cn1. The first-order valence-corrected chi connectivity index (χ1v) is 6.34. The summed E-state index contributed by atoms with van der Waals surface area (Å²) in [6.45, 7) is 2.14. The Morgan fingerprint density at radius 1 is 1.56 bits per heavy atom. The number of thioether (sulfide) groups is 1. The molecule has 1 heterocycles. The van der Waals surface area contributed by atoms with E-state index in [2.05, 4.69) is 28.0 Å². The lowest BCUT2D eigenvalue weighted by molar-refractivity contribution is 0.750. The van der Waals surface area contributed by atoms with Gasteiger partial charge in [0.15, 0.2) is 0 Å². The molecule has 0 bridgehead atoms. The van der Waals surface area contributed by atoms with E-state index in [0.29, 0.717) is 11.7 Å². The van der Waals surface area contributed by atoms with E-state index in [1.807, 2.05) is 7.05 Å². The van der Waals surface area contributed by atoms with Gasteiger partial charge in [0, 0.05) is 18.8 Å². The molecule has 1 atom stereocenters. The number of amidine groups is 1. The van der Waals surface area contributed by atoms with Crippen molar-refractivity contribution in [1.82, 2.24) is 9.97 Å². The van der Waals surface area contributed by atoms with Crippen molar-refractivity contribution in [2.24, 2.45) is 5.73 Å². The lowest BCUT2D eigenvalue weighted by Crippen LogP contribution is -2.31. The first-order chi connectivity index (χ1) is 7.56. The van der Waals surface area contributed by atoms with Crippen molar-refractivity contribution in [3.8, 4) is 0 Å². The summed E-state index contributed by atoms with van der Waals surface area (Å²) >= 11 is 1.80. The second-order valence-electron chi connectivity index (χ2n) is 3.59. The fourth-order valence-electron chi connectivity index (χ4n) is 1.22. The van der Waals surface area contributed by atoms with Crippen LogP contribution in [0.1, 0.15) is 12.6 Å². The number of aromatic nitrogens is 2. The Morgan fingerprint density at radius 3 is 2.69 bits per heavy atom. The van der Waals surface area contributed by atoms with Crippen LogP contribution in [0.5, 0.6) is 0 Å². The maximum Gasteiger partial charge on any atom is 0.147 e.